The molecule has 2 saturated heterocycles. The molecule has 0 aromatic carbocycles. The zero-order chi connectivity index (χ0) is 7.84. The van der Waals surface area contributed by atoms with Crippen molar-refractivity contribution in [2.45, 2.75) is 37.5 Å². The third kappa shape index (κ3) is 1.28. The first-order valence-electron chi connectivity index (χ1n) is 4.37. The van der Waals surface area contributed by atoms with Gasteiger partial charge in [0.2, 0.25) is 0 Å². The fourth-order valence-corrected chi connectivity index (χ4v) is 2.30. The Hall–Kier alpha value is -0.120. The van der Waals surface area contributed by atoms with E-state index in [4.69, 9.17) is 0 Å². The summed E-state index contributed by atoms with van der Waals surface area (Å²) >= 11 is 0. The minimum Gasteiger partial charge on any atom is -0.392 e. The van der Waals surface area contributed by atoms with Crippen LogP contribution < -0.4 is 0 Å². The number of aliphatic hydroxyl groups excluding tert-OH is 2. The van der Waals surface area contributed by atoms with Gasteiger partial charge in [-0.05, 0) is 19.4 Å². The summed E-state index contributed by atoms with van der Waals surface area (Å²) in [7, 11) is 0. The Morgan fingerprint density at radius 2 is 2.09 bits per heavy atom. The molecule has 0 aromatic rings. The number of piperidine rings is 1. The summed E-state index contributed by atoms with van der Waals surface area (Å²) in [5.74, 6) is 0. The molecular weight excluding hydrogens is 142 g/mol. The lowest BCUT2D eigenvalue weighted by Crippen LogP contribution is -2.49. The topological polar surface area (TPSA) is 43.7 Å². The van der Waals surface area contributed by atoms with Crippen molar-refractivity contribution in [2.24, 2.45) is 0 Å². The van der Waals surface area contributed by atoms with Crippen LogP contribution in [0.5, 0.6) is 0 Å². The second-order valence-electron chi connectivity index (χ2n) is 3.66. The third-order valence-corrected chi connectivity index (χ3v) is 2.82. The smallest absolute Gasteiger partial charge is 0.0720 e. The quantitative estimate of drug-likeness (QED) is 0.502. The fraction of sp³-hybridized carbons (Fsp3) is 1.00. The van der Waals surface area contributed by atoms with Crippen molar-refractivity contribution in [3.8, 4) is 0 Å². The Balaban J connectivity index is 2.04. The Morgan fingerprint density at radius 1 is 1.27 bits per heavy atom. The van der Waals surface area contributed by atoms with Gasteiger partial charge in [-0.2, -0.15) is 0 Å². The molecule has 2 aliphatic rings. The van der Waals surface area contributed by atoms with Gasteiger partial charge in [0.05, 0.1) is 12.2 Å². The van der Waals surface area contributed by atoms with Gasteiger partial charge >= 0.3 is 0 Å². The average Bonchev–Trinajstić information content (AvgIpc) is 2.34. The predicted molar refractivity (Wildman–Crippen MR) is 41.2 cm³/mol. The van der Waals surface area contributed by atoms with Crippen LogP contribution in [0.1, 0.15) is 19.3 Å². The summed E-state index contributed by atoms with van der Waals surface area (Å²) in [6, 6.07) is 0.346. The van der Waals surface area contributed by atoms with Gasteiger partial charge in [-0.15, -0.1) is 0 Å². The molecule has 2 N–H and O–H groups in total. The minimum atomic E-state index is -0.306. The van der Waals surface area contributed by atoms with Crippen molar-refractivity contribution in [3.05, 3.63) is 0 Å². The molecule has 3 heteroatoms. The maximum Gasteiger partial charge on any atom is 0.0720 e. The molecule has 2 aliphatic heterocycles. The van der Waals surface area contributed by atoms with Crippen molar-refractivity contribution in [3.63, 3.8) is 0 Å². The van der Waals surface area contributed by atoms with Crippen molar-refractivity contribution >= 4 is 0 Å². The molecule has 2 heterocycles. The van der Waals surface area contributed by atoms with E-state index in [2.05, 4.69) is 4.90 Å². The van der Waals surface area contributed by atoms with Crippen LogP contribution in [-0.2, 0) is 0 Å². The van der Waals surface area contributed by atoms with E-state index in [0.29, 0.717) is 12.5 Å². The van der Waals surface area contributed by atoms with Crippen LogP contribution in [0.25, 0.3) is 0 Å². The standard InChI is InChI=1S/C8H15NO2/c10-6-4-8(11)7-2-1-3-9(7)5-6/h6-8,10-11H,1-5H2/t6-,7-,8+/m1/s1. The fourth-order valence-electron chi connectivity index (χ4n) is 2.30. The molecule has 0 aromatic heterocycles. The molecule has 2 rings (SSSR count). The highest BCUT2D eigenvalue weighted by molar-refractivity contribution is 4.91. The SMILES string of the molecule is O[C@@H]1C[C@H](O)[C@H]2CCCN2C1. The van der Waals surface area contributed by atoms with E-state index in [9.17, 15) is 10.2 Å². The van der Waals surface area contributed by atoms with Gasteiger partial charge in [-0.25, -0.2) is 0 Å². The highest BCUT2D eigenvalue weighted by Crippen LogP contribution is 2.26. The van der Waals surface area contributed by atoms with E-state index in [-0.39, 0.29) is 12.2 Å². The summed E-state index contributed by atoms with van der Waals surface area (Å²) in [4.78, 5) is 2.21. The number of hydrogen-bond acceptors (Lipinski definition) is 3. The van der Waals surface area contributed by atoms with Gasteiger partial charge in [-0.1, -0.05) is 0 Å². The zero-order valence-electron chi connectivity index (χ0n) is 6.61. The Morgan fingerprint density at radius 3 is 2.91 bits per heavy atom. The van der Waals surface area contributed by atoms with Crippen molar-refractivity contribution in [1.82, 2.24) is 4.90 Å². The minimum absolute atomic E-state index is 0.291. The molecule has 0 bridgehead atoms. The Labute approximate surface area is 66.6 Å². The monoisotopic (exact) mass is 157 g/mol. The van der Waals surface area contributed by atoms with E-state index in [1.54, 1.807) is 0 Å². The van der Waals surface area contributed by atoms with Crippen LogP contribution >= 0.6 is 0 Å². The molecule has 0 amide bonds. The first-order chi connectivity index (χ1) is 5.27. The largest absolute Gasteiger partial charge is 0.392 e. The normalized spacial score (nSPS) is 45.8. The lowest BCUT2D eigenvalue weighted by atomic mass is 9.98. The molecular formula is C8H15NO2. The van der Waals surface area contributed by atoms with Crippen molar-refractivity contribution in [1.29, 1.82) is 0 Å². The predicted octanol–water partition coefficient (Wildman–Crippen LogP) is -0.424. The van der Waals surface area contributed by atoms with E-state index < -0.39 is 0 Å². The summed E-state index contributed by atoms with van der Waals surface area (Å²) in [5.41, 5.74) is 0. The van der Waals surface area contributed by atoms with Crippen molar-refractivity contribution in [2.75, 3.05) is 13.1 Å². The molecule has 64 valence electrons. The molecule has 2 fully saturated rings. The van der Waals surface area contributed by atoms with E-state index in [0.717, 1.165) is 19.5 Å². The maximum absolute atomic E-state index is 9.55. The lowest BCUT2D eigenvalue weighted by Gasteiger charge is -2.36. The van der Waals surface area contributed by atoms with Gasteiger partial charge in [0.1, 0.15) is 0 Å². The van der Waals surface area contributed by atoms with Crippen LogP contribution in [0.2, 0.25) is 0 Å². The number of rotatable bonds is 0. The van der Waals surface area contributed by atoms with Crippen molar-refractivity contribution < 1.29 is 10.2 Å². The first-order valence-corrected chi connectivity index (χ1v) is 4.37. The molecule has 0 unspecified atom stereocenters. The zero-order valence-corrected chi connectivity index (χ0v) is 6.61. The van der Waals surface area contributed by atoms with Gasteiger partial charge in [0, 0.05) is 19.0 Å². The lowest BCUT2D eigenvalue weighted by molar-refractivity contribution is -0.0323. The van der Waals surface area contributed by atoms with E-state index in [1.165, 1.54) is 6.42 Å². The van der Waals surface area contributed by atoms with Gasteiger partial charge in [-0.3, -0.25) is 4.90 Å². The molecule has 3 nitrogen and oxygen atoms in total. The third-order valence-electron chi connectivity index (χ3n) is 2.82. The summed E-state index contributed by atoms with van der Waals surface area (Å²) in [5, 5.41) is 18.9. The molecule has 0 aliphatic carbocycles. The number of aliphatic hydroxyl groups is 2. The van der Waals surface area contributed by atoms with Crippen LogP contribution in [-0.4, -0.2) is 46.5 Å². The highest BCUT2D eigenvalue weighted by Gasteiger charge is 2.36. The summed E-state index contributed by atoms with van der Waals surface area (Å²) in [6.45, 7) is 1.82. The maximum atomic E-state index is 9.55. The van der Waals surface area contributed by atoms with Gasteiger partial charge in [0.25, 0.3) is 0 Å². The number of fused-ring (bicyclic) bond motifs is 1. The molecule has 11 heavy (non-hydrogen) atoms. The Kier molecular flexibility index (Phi) is 1.87. The van der Waals surface area contributed by atoms with Crippen LogP contribution in [0.4, 0.5) is 0 Å². The summed E-state index contributed by atoms with van der Waals surface area (Å²) in [6.07, 6.45) is 2.25. The number of hydrogen-bond donors (Lipinski definition) is 2. The van der Waals surface area contributed by atoms with Crippen LogP contribution in [0, 0.1) is 0 Å². The average molecular weight is 157 g/mol. The molecule has 0 saturated carbocycles. The van der Waals surface area contributed by atoms with Gasteiger partial charge < -0.3 is 10.2 Å². The molecule has 3 atom stereocenters. The first kappa shape index (κ1) is 7.53. The van der Waals surface area contributed by atoms with Gasteiger partial charge in [0.15, 0.2) is 0 Å². The van der Waals surface area contributed by atoms with Crippen LogP contribution in [0.3, 0.4) is 0 Å². The highest BCUT2D eigenvalue weighted by atomic mass is 16.3. The Bertz CT molecular complexity index is 151. The molecule has 0 spiro atoms. The van der Waals surface area contributed by atoms with E-state index >= 15 is 0 Å². The molecule has 0 radical (unpaired) electrons. The van der Waals surface area contributed by atoms with Crippen LogP contribution in [0.15, 0.2) is 0 Å². The van der Waals surface area contributed by atoms with E-state index in [1.807, 2.05) is 0 Å². The number of nitrogens with zero attached hydrogens (tertiary/aromatic N) is 1. The summed E-state index contributed by atoms with van der Waals surface area (Å²) < 4.78 is 0. The second kappa shape index (κ2) is 2.73. The second-order valence-corrected chi connectivity index (χ2v) is 3.66.